The molecule has 1 saturated heterocycles. The van der Waals surface area contributed by atoms with Crippen molar-refractivity contribution in [2.24, 2.45) is 23.2 Å². The molecular weight excluding hydrogens is 431 g/mol. The Labute approximate surface area is 193 Å². The fourth-order valence-corrected chi connectivity index (χ4v) is 6.71. The van der Waals surface area contributed by atoms with Crippen LogP contribution in [-0.2, 0) is 28.7 Å². The first kappa shape index (κ1) is 23.1. The van der Waals surface area contributed by atoms with Crippen molar-refractivity contribution in [2.75, 3.05) is 19.8 Å². The highest BCUT2D eigenvalue weighted by Crippen LogP contribution is 2.47. The molecule has 3 fully saturated rings. The lowest BCUT2D eigenvalue weighted by atomic mass is 9.74. The zero-order valence-electron chi connectivity index (χ0n) is 19.5. The molecule has 0 spiro atoms. The third kappa shape index (κ3) is 4.18. The summed E-state index contributed by atoms with van der Waals surface area (Å²) in [5.74, 6) is 1.41. The maximum absolute atomic E-state index is 13.9. The van der Waals surface area contributed by atoms with E-state index in [4.69, 9.17) is 4.74 Å². The number of pyridine rings is 1. The van der Waals surface area contributed by atoms with Crippen LogP contribution in [0, 0.1) is 23.2 Å². The largest absolute Gasteiger partial charge is 0.417 e. The Kier molecular flexibility index (Phi) is 5.96. The molecule has 2 aliphatic carbocycles. The summed E-state index contributed by atoms with van der Waals surface area (Å²) in [4.78, 5) is 19.7. The number of rotatable bonds is 4. The monoisotopic (exact) mass is 465 g/mol. The number of carbonyl (C=O) groups excluding carboxylic acids is 1. The van der Waals surface area contributed by atoms with Crippen LogP contribution in [0.25, 0.3) is 0 Å². The van der Waals surface area contributed by atoms with Crippen LogP contribution in [0.4, 0.5) is 13.2 Å². The van der Waals surface area contributed by atoms with Gasteiger partial charge in [0, 0.05) is 43.5 Å². The second-order valence-corrected chi connectivity index (χ2v) is 10.9. The first-order valence-corrected chi connectivity index (χ1v) is 12.4. The Hall–Kier alpha value is -1.67. The van der Waals surface area contributed by atoms with Gasteiger partial charge in [0.25, 0.3) is 0 Å². The third-order valence-corrected chi connectivity index (χ3v) is 8.75. The van der Waals surface area contributed by atoms with Gasteiger partial charge in [0.1, 0.15) is 0 Å². The molecule has 0 aromatic carbocycles. The molecule has 4 aliphatic rings. The number of ether oxygens (including phenoxy) is 1. The summed E-state index contributed by atoms with van der Waals surface area (Å²) in [5.41, 5.74) is -0.0132. The van der Waals surface area contributed by atoms with E-state index in [-0.39, 0.29) is 18.4 Å². The zero-order valence-corrected chi connectivity index (χ0v) is 19.5. The standard InChI is InChI=1S/C25H34F3N3O2/c1-15(2)24(7-5-20(10-24)30-22-16-3-4-17(22)14-33-13-16)23(32)31-8-6-21-18(12-31)9-19(11-29-21)25(26,27)28/h9,11,15-17,20,22,30H,3-8,10,12-14H2,1-2H3/t16?,17?,20-,22?,24+/m1/s1. The minimum absolute atomic E-state index is 0.0970. The summed E-state index contributed by atoms with van der Waals surface area (Å²) >= 11 is 0. The van der Waals surface area contributed by atoms with Crippen molar-refractivity contribution in [3.63, 3.8) is 0 Å². The van der Waals surface area contributed by atoms with E-state index < -0.39 is 17.2 Å². The van der Waals surface area contributed by atoms with Gasteiger partial charge >= 0.3 is 6.18 Å². The van der Waals surface area contributed by atoms with Crippen LogP contribution in [0.5, 0.6) is 0 Å². The molecule has 2 aliphatic heterocycles. The molecule has 1 aromatic heterocycles. The molecule has 5 nitrogen and oxygen atoms in total. The van der Waals surface area contributed by atoms with Gasteiger partial charge < -0.3 is 15.0 Å². The van der Waals surface area contributed by atoms with Crippen molar-refractivity contribution >= 4 is 5.91 Å². The van der Waals surface area contributed by atoms with Crippen molar-refractivity contribution in [3.05, 3.63) is 29.1 Å². The highest BCUT2D eigenvalue weighted by atomic mass is 19.4. The number of halogens is 3. The normalized spacial score (nSPS) is 34.1. The lowest BCUT2D eigenvalue weighted by Gasteiger charge is -2.40. The van der Waals surface area contributed by atoms with Crippen molar-refractivity contribution < 1.29 is 22.7 Å². The summed E-state index contributed by atoms with van der Waals surface area (Å²) in [6, 6.07) is 1.96. The van der Waals surface area contributed by atoms with Crippen LogP contribution in [0.15, 0.2) is 12.3 Å². The van der Waals surface area contributed by atoms with Gasteiger partial charge in [0.2, 0.25) is 5.91 Å². The van der Waals surface area contributed by atoms with Crippen LogP contribution in [0.3, 0.4) is 0 Å². The Morgan fingerprint density at radius 3 is 2.64 bits per heavy atom. The van der Waals surface area contributed by atoms with Crippen LogP contribution in [0.1, 0.15) is 62.8 Å². The molecule has 2 bridgehead atoms. The fourth-order valence-electron chi connectivity index (χ4n) is 6.71. The van der Waals surface area contributed by atoms with E-state index >= 15 is 0 Å². The van der Waals surface area contributed by atoms with E-state index in [2.05, 4.69) is 24.1 Å². The van der Waals surface area contributed by atoms with Gasteiger partial charge in [-0.05, 0) is 61.5 Å². The molecule has 3 heterocycles. The highest BCUT2D eigenvalue weighted by Gasteiger charge is 2.51. The van der Waals surface area contributed by atoms with E-state index in [0.717, 1.165) is 38.7 Å². The second kappa shape index (κ2) is 8.52. The van der Waals surface area contributed by atoms with Gasteiger partial charge in [-0.15, -0.1) is 0 Å². The first-order chi connectivity index (χ1) is 15.7. The number of hydrogen-bond donors (Lipinski definition) is 1. The quantitative estimate of drug-likeness (QED) is 0.725. The molecule has 0 radical (unpaired) electrons. The molecule has 5 rings (SSSR count). The molecule has 2 saturated carbocycles. The van der Waals surface area contributed by atoms with Crippen LogP contribution in [0.2, 0.25) is 0 Å². The average Bonchev–Trinajstić information content (AvgIpc) is 3.29. The lowest BCUT2D eigenvalue weighted by Crippen LogP contribution is -2.50. The van der Waals surface area contributed by atoms with Gasteiger partial charge in [-0.1, -0.05) is 13.8 Å². The number of amides is 1. The van der Waals surface area contributed by atoms with Crippen molar-refractivity contribution in [2.45, 2.75) is 77.2 Å². The van der Waals surface area contributed by atoms with Gasteiger partial charge in [-0.3, -0.25) is 9.78 Å². The third-order valence-electron chi connectivity index (χ3n) is 8.75. The average molecular weight is 466 g/mol. The first-order valence-electron chi connectivity index (χ1n) is 12.4. The topological polar surface area (TPSA) is 54.5 Å². The molecule has 182 valence electrons. The summed E-state index contributed by atoms with van der Waals surface area (Å²) in [6.45, 7) is 6.61. The van der Waals surface area contributed by atoms with Gasteiger partial charge in [0.05, 0.1) is 24.2 Å². The molecule has 2 unspecified atom stereocenters. The zero-order chi connectivity index (χ0) is 23.4. The Morgan fingerprint density at radius 2 is 1.97 bits per heavy atom. The van der Waals surface area contributed by atoms with E-state index in [1.54, 1.807) is 4.90 Å². The number of alkyl halides is 3. The molecule has 1 amide bonds. The molecule has 1 N–H and O–H groups in total. The summed E-state index contributed by atoms with van der Waals surface area (Å²) in [7, 11) is 0. The SMILES string of the molecule is CC(C)[C@]1(C(=O)N2CCc3ncc(C(F)(F)F)cc3C2)CC[C@@H](NC2C3CCC2COC3)C1. The van der Waals surface area contributed by atoms with E-state index in [9.17, 15) is 18.0 Å². The number of fused-ring (bicyclic) bond motifs is 3. The van der Waals surface area contributed by atoms with E-state index in [1.165, 1.54) is 18.9 Å². The fraction of sp³-hybridized carbons (Fsp3) is 0.760. The number of nitrogens with one attached hydrogen (secondary N) is 1. The van der Waals surface area contributed by atoms with Crippen LogP contribution in [-0.4, -0.2) is 47.6 Å². The van der Waals surface area contributed by atoms with Crippen molar-refractivity contribution in [1.82, 2.24) is 15.2 Å². The summed E-state index contributed by atoms with van der Waals surface area (Å²) in [6.07, 6.45) is 1.98. The Balaban J connectivity index is 1.30. The van der Waals surface area contributed by atoms with Crippen LogP contribution < -0.4 is 5.32 Å². The van der Waals surface area contributed by atoms with Gasteiger partial charge in [-0.2, -0.15) is 13.2 Å². The minimum atomic E-state index is -4.43. The highest BCUT2D eigenvalue weighted by molar-refractivity contribution is 5.83. The molecule has 1 aromatic rings. The number of aromatic nitrogens is 1. The van der Waals surface area contributed by atoms with Crippen LogP contribution >= 0.6 is 0 Å². The van der Waals surface area contributed by atoms with Crippen molar-refractivity contribution in [3.8, 4) is 0 Å². The van der Waals surface area contributed by atoms with E-state index in [1.807, 2.05) is 0 Å². The predicted octanol–water partition coefficient (Wildman–Crippen LogP) is 4.19. The maximum Gasteiger partial charge on any atom is 0.417 e. The minimum Gasteiger partial charge on any atom is -0.381 e. The Morgan fingerprint density at radius 1 is 1.24 bits per heavy atom. The Bertz CT molecular complexity index is 889. The molecule has 4 atom stereocenters. The van der Waals surface area contributed by atoms with Gasteiger partial charge in [0.15, 0.2) is 0 Å². The number of hydrogen-bond acceptors (Lipinski definition) is 4. The smallest absolute Gasteiger partial charge is 0.381 e. The lowest BCUT2D eigenvalue weighted by molar-refractivity contribution is -0.146. The predicted molar refractivity (Wildman–Crippen MR) is 117 cm³/mol. The maximum atomic E-state index is 13.9. The van der Waals surface area contributed by atoms with Gasteiger partial charge in [-0.25, -0.2) is 0 Å². The van der Waals surface area contributed by atoms with Crippen molar-refractivity contribution in [1.29, 1.82) is 0 Å². The molecular formula is C25H34F3N3O2. The number of nitrogens with zero attached hydrogens (tertiary/aromatic N) is 2. The summed E-state index contributed by atoms with van der Waals surface area (Å²) in [5, 5.41) is 3.90. The molecule has 33 heavy (non-hydrogen) atoms. The second-order valence-electron chi connectivity index (χ2n) is 10.9. The summed E-state index contributed by atoms with van der Waals surface area (Å²) < 4.78 is 45.3. The number of carbonyl (C=O) groups is 1. The van der Waals surface area contributed by atoms with E-state index in [0.29, 0.717) is 48.1 Å². The molecule has 8 heteroatoms.